The van der Waals surface area contributed by atoms with Crippen molar-refractivity contribution in [3.8, 4) is 0 Å². The van der Waals surface area contributed by atoms with E-state index in [4.69, 9.17) is 16.3 Å². The number of likely N-dealkylation sites (tertiary alicyclic amines) is 1. The third-order valence-corrected chi connectivity index (χ3v) is 5.42. The SMILES string of the molecule is CCOC(=O)N1CCC(N2C(=O)C(Cl)=C(c3cccs3)C2=O)CC1. The number of imide groups is 1. The van der Waals surface area contributed by atoms with E-state index in [1.165, 1.54) is 16.2 Å². The second kappa shape index (κ2) is 6.94. The molecular weight excluding hydrogens is 352 g/mol. The maximum Gasteiger partial charge on any atom is 0.409 e. The van der Waals surface area contributed by atoms with Gasteiger partial charge in [0, 0.05) is 24.0 Å². The van der Waals surface area contributed by atoms with Gasteiger partial charge in [0.15, 0.2) is 0 Å². The van der Waals surface area contributed by atoms with E-state index < -0.39 is 5.91 Å². The van der Waals surface area contributed by atoms with Gasteiger partial charge in [0.25, 0.3) is 11.8 Å². The number of rotatable bonds is 3. The molecule has 8 heteroatoms. The van der Waals surface area contributed by atoms with Crippen molar-refractivity contribution in [2.24, 2.45) is 0 Å². The molecular formula is C16H17ClN2O4S. The molecule has 0 radical (unpaired) electrons. The molecule has 0 spiro atoms. The Morgan fingerprint density at radius 2 is 2.04 bits per heavy atom. The van der Waals surface area contributed by atoms with E-state index in [9.17, 15) is 14.4 Å². The fourth-order valence-corrected chi connectivity index (χ4v) is 4.10. The minimum Gasteiger partial charge on any atom is -0.450 e. The number of thiophene rings is 1. The van der Waals surface area contributed by atoms with E-state index in [1.54, 1.807) is 17.9 Å². The lowest BCUT2D eigenvalue weighted by molar-refractivity contribution is -0.140. The third kappa shape index (κ3) is 2.93. The first kappa shape index (κ1) is 17.0. The van der Waals surface area contributed by atoms with Gasteiger partial charge in [-0.1, -0.05) is 17.7 Å². The Morgan fingerprint density at radius 3 is 2.62 bits per heavy atom. The molecule has 3 amide bonds. The number of nitrogens with zero attached hydrogens (tertiary/aromatic N) is 2. The standard InChI is InChI=1S/C16H17ClN2O4S/c1-2-23-16(22)18-7-5-10(6-8-18)19-14(20)12(13(17)15(19)21)11-4-3-9-24-11/h3-4,9-10H,2,5-8H2,1H3. The van der Waals surface area contributed by atoms with Crippen LogP contribution in [0.2, 0.25) is 0 Å². The third-order valence-electron chi connectivity index (χ3n) is 4.18. The summed E-state index contributed by atoms with van der Waals surface area (Å²) < 4.78 is 4.98. The number of piperidine rings is 1. The van der Waals surface area contributed by atoms with E-state index >= 15 is 0 Å². The zero-order valence-corrected chi connectivity index (χ0v) is 14.7. The van der Waals surface area contributed by atoms with Crippen molar-refractivity contribution in [2.45, 2.75) is 25.8 Å². The summed E-state index contributed by atoms with van der Waals surface area (Å²) in [6, 6.07) is 3.34. The Kier molecular flexibility index (Phi) is 4.91. The summed E-state index contributed by atoms with van der Waals surface area (Å²) in [5.41, 5.74) is 0.282. The number of ether oxygens (including phenoxy) is 1. The van der Waals surface area contributed by atoms with Gasteiger partial charge in [-0.05, 0) is 31.2 Å². The number of carbonyl (C=O) groups is 3. The topological polar surface area (TPSA) is 66.9 Å². The van der Waals surface area contributed by atoms with E-state index in [0.717, 1.165) is 0 Å². The Balaban J connectivity index is 1.71. The van der Waals surface area contributed by atoms with Crippen LogP contribution >= 0.6 is 22.9 Å². The molecule has 1 fully saturated rings. The fourth-order valence-electron chi connectivity index (χ4n) is 3.01. The molecule has 0 aliphatic carbocycles. The van der Waals surface area contributed by atoms with Gasteiger partial charge in [-0.15, -0.1) is 11.3 Å². The highest BCUT2D eigenvalue weighted by molar-refractivity contribution is 7.11. The van der Waals surface area contributed by atoms with Crippen molar-refractivity contribution in [1.29, 1.82) is 0 Å². The van der Waals surface area contributed by atoms with Gasteiger partial charge in [-0.25, -0.2) is 4.79 Å². The lowest BCUT2D eigenvalue weighted by atomic mass is 10.0. The van der Waals surface area contributed by atoms with Gasteiger partial charge in [0.2, 0.25) is 0 Å². The molecule has 3 heterocycles. The molecule has 2 aliphatic heterocycles. The molecule has 0 atom stereocenters. The van der Waals surface area contributed by atoms with Crippen LogP contribution in [0.15, 0.2) is 22.5 Å². The highest BCUT2D eigenvalue weighted by Gasteiger charge is 2.43. The van der Waals surface area contributed by atoms with Crippen molar-refractivity contribution in [3.05, 3.63) is 27.4 Å². The van der Waals surface area contributed by atoms with Gasteiger partial charge in [-0.2, -0.15) is 0 Å². The summed E-state index contributed by atoms with van der Waals surface area (Å²) in [7, 11) is 0. The van der Waals surface area contributed by atoms with E-state index in [1.807, 2.05) is 11.4 Å². The number of amides is 3. The van der Waals surface area contributed by atoms with Gasteiger partial charge >= 0.3 is 6.09 Å². The van der Waals surface area contributed by atoms with Crippen molar-refractivity contribution >= 4 is 46.4 Å². The van der Waals surface area contributed by atoms with Crippen LogP contribution < -0.4 is 0 Å². The van der Waals surface area contributed by atoms with Gasteiger partial charge < -0.3 is 9.64 Å². The molecule has 2 aliphatic rings. The van der Waals surface area contributed by atoms with Crippen molar-refractivity contribution < 1.29 is 19.1 Å². The number of hydrogen-bond donors (Lipinski definition) is 0. The molecule has 128 valence electrons. The van der Waals surface area contributed by atoms with Crippen LogP contribution in [-0.4, -0.2) is 53.4 Å². The molecule has 3 rings (SSSR count). The first-order chi connectivity index (χ1) is 11.5. The zero-order chi connectivity index (χ0) is 17.3. The van der Waals surface area contributed by atoms with E-state index in [2.05, 4.69) is 0 Å². The van der Waals surface area contributed by atoms with Crippen LogP contribution in [0.1, 0.15) is 24.6 Å². The van der Waals surface area contributed by atoms with E-state index in [0.29, 0.717) is 37.4 Å². The summed E-state index contributed by atoms with van der Waals surface area (Å²) in [5, 5.41) is 1.82. The average molecular weight is 369 g/mol. The van der Waals surface area contributed by atoms with Crippen LogP contribution in [0.5, 0.6) is 0 Å². The Bertz CT molecular complexity index is 693. The van der Waals surface area contributed by atoms with E-state index in [-0.39, 0.29) is 28.6 Å². The fraction of sp³-hybridized carbons (Fsp3) is 0.438. The predicted molar refractivity (Wildman–Crippen MR) is 90.6 cm³/mol. The highest BCUT2D eigenvalue weighted by Crippen LogP contribution is 2.36. The number of carbonyl (C=O) groups excluding carboxylic acids is 3. The summed E-state index contributed by atoms with van der Waals surface area (Å²) in [4.78, 5) is 40.4. The molecule has 1 aromatic rings. The van der Waals surface area contributed by atoms with Crippen LogP contribution in [-0.2, 0) is 14.3 Å². The smallest absolute Gasteiger partial charge is 0.409 e. The molecule has 0 unspecified atom stereocenters. The maximum absolute atomic E-state index is 12.7. The first-order valence-corrected chi connectivity index (χ1v) is 9.03. The number of halogens is 1. The molecule has 6 nitrogen and oxygen atoms in total. The summed E-state index contributed by atoms with van der Waals surface area (Å²) in [6.45, 7) is 2.98. The maximum atomic E-state index is 12.7. The molecule has 1 saturated heterocycles. The molecule has 0 bridgehead atoms. The predicted octanol–water partition coefficient (Wildman–Crippen LogP) is 2.69. The van der Waals surface area contributed by atoms with Gasteiger partial charge in [0.1, 0.15) is 5.03 Å². The Labute approximate surface area is 148 Å². The monoisotopic (exact) mass is 368 g/mol. The van der Waals surface area contributed by atoms with Crippen molar-refractivity contribution in [3.63, 3.8) is 0 Å². The molecule has 1 aromatic heterocycles. The van der Waals surface area contributed by atoms with Crippen molar-refractivity contribution in [2.75, 3.05) is 19.7 Å². The van der Waals surface area contributed by atoms with Crippen LogP contribution in [0.3, 0.4) is 0 Å². The lowest BCUT2D eigenvalue weighted by Crippen LogP contribution is -2.49. The zero-order valence-electron chi connectivity index (χ0n) is 13.2. The van der Waals surface area contributed by atoms with Gasteiger partial charge in [-0.3, -0.25) is 14.5 Å². The largest absolute Gasteiger partial charge is 0.450 e. The van der Waals surface area contributed by atoms with Crippen LogP contribution in [0.25, 0.3) is 5.57 Å². The van der Waals surface area contributed by atoms with Crippen molar-refractivity contribution in [1.82, 2.24) is 9.80 Å². The number of hydrogen-bond acceptors (Lipinski definition) is 5. The second-order valence-corrected chi connectivity index (χ2v) is 6.89. The normalized spacial score (nSPS) is 19.4. The Morgan fingerprint density at radius 1 is 1.33 bits per heavy atom. The van der Waals surface area contributed by atoms with Crippen LogP contribution in [0.4, 0.5) is 4.79 Å². The second-order valence-electron chi connectivity index (χ2n) is 5.56. The van der Waals surface area contributed by atoms with Crippen LogP contribution in [0, 0.1) is 0 Å². The lowest BCUT2D eigenvalue weighted by Gasteiger charge is -2.35. The minimum absolute atomic E-state index is 0.0183. The summed E-state index contributed by atoms with van der Waals surface area (Å²) in [6.07, 6.45) is 0.696. The Hall–Kier alpha value is -1.86. The first-order valence-electron chi connectivity index (χ1n) is 7.77. The summed E-state index contributed by atoms with van der Waals surface area (Å²) in [5.74, 6) is -0.790. The molecule has 0 N–H and O–H groups in total. The van der Waals surface area contributed by atoms with Gasteiger partial charge in [0.05, 0.1) is 12.2 Å². The minimum atomic E-state index is -0.445. The molecule has 0 saturated carbocycles. The quantitative estimate of drug-likeness (QED) is 0.769. The molecule has 24 heavy (non-hydrogen) atoms. The molecule has 0 aromatic carbocycles. The summed E-state index contributed by atoms with van der Waals surface area (Å²) >= 11 is 7.52. The highest BCUT2D eigenvalue weighted by atomic mass is 35.5. The average Bonchev–Trinajstić information content (AvgIpc) is 3.16.